The Hall–Kier alpha value is -4.32. The fourth-order valence-corrected chi connectivity index (χ4v) is 16.2. The normalized spacial score (nSPS) is 13.5. The number of hydrogen-bond donors (Lipinski definition) is 0. The van der Waals surface area contributed by atoms with Crippen LogP contribution in [0, 0.1) is 0 Å². The molecule has 2 aliphatic rings. The Morgan fingerprint density at radius 2 is 0.500 bits per heavy atom. The van der Waals surface area contributed by atoms with Gasteiger partial charge in [0.05, 0.1) is 0 Å². The Morgan fingerprint density at radius 1 is 0.250 bits per heavy atom. The van der Waals surface area contributed by atoms with Crippen LogP contribution in [0.5, 0.6) is 0 Å². The van der Waals surface area contributed by atoms with E-state index in [-0.39, 0.29) is 0 Å². The summed E-state index contributed by atoms with van der Waals surface area (Å²) in [7, 11) is 0. The lowest BCUT2D eigenvalue weighted by atomic mass is 9.85. The van der Waals surface area contributed by atoms with Gasteiger partial charge in [0.15, 0.2) is 0 Å². The molecule has 4 heteroatoms. The SMILES string of the molecule is CCCCCCc1ccc(C2=C(c3ccc(CCCCCC)s3)c3ccc4c5ccc6c7c(ccc(c8ccc2c3c84)c75)C(c2ccc(CCCCCC)s2)=C6c2ccc(CCCCCC)s2)s1. The molecule has 68 heavy (non-hydrogen) atoms. The van der Waals surface area contributed by atoms with Crippen molar-refractivity contribution in [2.75, 3.05) is 0 Å². The third-order valence-electron chi connectivity index (χ3n) is 15.2. The summed E-state index contributed by atoms with van der Waals surface area (Å²) in [5.74, 6) is 0. The predicted molar refractivity (Wildman–Crippen MR) is 306 cm³/mol. The van der Waals surface area contributed by atoms with Gasteiger partial charge in [0.25, 0.3) is 0 Å². The van der Waals surface area contributed by atoms with Gasteiger partial charge in [-0.25, -0.2) is 0 Å². The average molecular weight is 966 g/mol. The van der Waals surface area contributed by atoms with Gasteiger partial charge in [-0.2, -0.15) is 0 Å². The quantitative estimate of drug-likeness (QED) is 0.0322. The number of fused-ring (bicyclic) bond motifs is 2. The summed E-state index contributed by atoms with van der Waals surface area (Å²) in [6.45, 7) is 9.25. The van der Waals surface area contributed by atoms with Gasteiger partial charge >= 0.3 is 0 Å². The molecule has 0 saturated carbocycles. The largest absolute Gasteiger partial charge is 0.140 e. The summed E-state index contributed by atoms with van der Waals surface area (Å²) >= 11 is 8.18. The van der Waals surface area contributed by atoms with E-state index in [1.807, 2.05) is 45.3 Å². The molecule has 2 aliphatic carbocycles. The first kappa shape index (κ1) is 46.1. The maximum absolute atomic E-state index is 2.51. The summed E-state index contributed by atoms with van der Waals surface area (Å²) < 4.78 is 0. The zero-order valence-corrected chi connectivity index (χ0v) is 44.3. The lowest BCUT2D eigenvalue weighted by molar-refractivity contribution is 0.670. The summed E-state index contributed by atoms with van der Waals surface area (Å²) in [5, 5.41) is 11.4. The van der Waals surface area contributed by atoms with Gasteiger partial charge in [0, 0.05) is 61.3 Å². The van der Waals surface area contributed by atoms with Crippen molar-refractivity contribution in [2.45, 2.75) is 156 Å². The molecule has 0 nitrogen and oxygen atoms in total. The molecule has 4 aromatic heterocycles. The van der Waals surface area contributed by atoms with Crippen molar-refractivity contribution in [1.29, 1.82) is 0 Å². The molecule has 0 saturated heterocycles. The predicted octanol–water partition coefficient (Wildman–Crippen LogP) is 21.1. The van der Waals surface area contributed by atoms with Crippen LogP contribution < -0.4 is 0 Å². The van der Waals surface area contributed by atoms with Crippen LogP contribution in [-0.4, -0.2) is 0 Å². The summed E-state index contributed by atoms with van der Waals surface area (Å²) in [4.78, 5) is 11.8. The molecule has 0 N–H and O–H groups in total. The summed E-state index contributed by atoms with van der Waals surface area (Å²) in [6, 6.07) is 39.6. The van der Waals surface area contributed by atoms with Gasteiger partial charge < -0.3 is 0 Å². The number of aryl methyl sites for hydroxylation is 4. The zero-order valence-electron chi connectivity index (χ0n) is 41.0. The van der Waals surface area contributed by atoms with Crippen molar-refractivity contribution < 1.29 is 0 Å². The van der Waals surface area contributed by atoms with Crippen LogP contribution in [0.1, 0.15) is 192 Å². The van der Waals surface area contributed by atoms with Crippen LogP contribution in [-0.2, 0) is 25.7 Å². The Kier molecular flexibility index (Phi) is 13.9. The Balaban J connectivity index is 1.05. The molecule has 0 amide bonds. The second kappa shape index (κ2) is 20.6. The van der Waals surface area contributed by atoms with Gasteiger partial charge in [0.2, 0.25) is 0 Å². The van der Waals surface area contributed by atoms with Crippen molar-refractivity contribution in [3.63, 3.8) is 0 Å². The highest BCUT2D eigenvalue weighted by atomic mass is 32.1. The highest BCUT2D eigenvalue weighted by Gasteiger charge is 2.33. The highest BCUT2D eigenvalue weighted by Crippen LogP contribution is 2.57. The number of unbranched alkanes of at least 4 members (excludes halogenated alkanes) is 12. The van der Waals surface area contributed by atoms with Crippen LogP contribution in [0.15, 0.2) is 97.1 Å². The lowest BCUT2D eigenvalue weighted by Gasteiger charge is -2.17. The average Bonchev–Trinajstić information content (AvgIpc) is 4.24. The number of benzene rings is 5. The van der Waals surface area contributed by atoms with Crippen LogP contribution in [0.3, 0.4) is 0 Å². The van der Waals surface area contributed by atoms with E-state index in [2.05, 4.69) is 125 Å². The second-order valence-electron chi connectivity index (χ2n) is 19.9. The molecular formula is C64H68S4. The van der Waals surface area contributed by atoms with Crippen LogP contribution in [0.25, 0.3) is 65.4 Å². The molecule has 4 heterocycles. The monoisotopic (exact) mass is 964 g/mol. The minimum Gasteiger partial charge on any atom is -0.140 e. The van der Waals surface area contributed by atoms with Crippen LogP contribution in [0.2, 0.25) is 0 Å². The third kappa shape index (κ3) is 8.48. The van der Waals surface area contributed by atoms with Gasteiger partial charge in [0.1, 0.15) is 0 Å². The van der Waals surface area contributed by atoms with Crippen LogP contribution >= 0.6 is 45.3 Å². The van der Waals surface area contributed by atoms with Gasteiger partial charge in [-0.15, -0.1) is 45.3 Å². The molecule has 5 aromatic carbocycles. The minimum atomic E-state index is 1.18. The third-order valence-corrected chi connectivity index (χ3v) is 19.9. The molecule has 0 radical (unpaired) electrons. The van der Waals surface area contributed by atoms with E-state index in [1.54, 1.807) is 0 Å². The van der Waals surface area contributed by atoms with Crippen molar-refractivity contribution in [2.24, 2.45) is 0 Å². The van der Waals surface area contributed by atoms with E-state index in [0.29, 0.717) is 0 Å². The van der Waals surface area contributed by atoms with Crippen molar-refractivity contribution in [1.82, 2.24) is 0 Å². The molecule has 9 aromatic rings. The molecule has 0 spiro atoms. The van der Waals surface area contributed by atoms with E-state index in [1.165, 1.54) is 255 Å². The van der Waals surface area contributed by atoms with E-state index < -0.39 is 0 Å². The number of rotatable bonds is 24. The highest BCUT2D eigenvalue weighted by molar-refractivity contribution is 7.15. The van der Waals surface area contributed by atoms with E-state index >= 15 is 0 Å². The Labute approximate surface area is 422 Å². The Bertz CT molecular complexity index is 2870. The molecular weight excluding hydrogens is 897 g/mol. The maximum atomic E-state index is 2.51. The van der Waals surface area contributed by atoms with E-state index in [4.69, 9.17) is 0 Å². The standard InChI is InChI=1S/C64H68S4/c1-5-9-13-17-21-41-25-37-53(65-41)61-49-33-29-45-47-31-35-51-60-52(64(56-40-28-44(68-56)24-20-16-12-8-4)63(51)55-39-27-43(67-55)23-19-15-11-7-3)36-32-48(58(47)60)46-30-34-50(59(49)57(45)46)62(61)54-38-26-42(66-54)22-18-14-10-6-2/h25-40H,5-24H2,1-4H3. The van der Waals surface area contributed by atoms with Crippen molar-refractivity contribution >= 4 is 111 Å². The van der Waals surface area contributed by atoms with E-state index in [9.17, 15) is 0 Å². The van der Waals surface area contributed by atoms with Gasteiger partial charge in [-0.05, 0) is 165 Å². The smallest absolute Gasteiger partial charge is 0.0358 e. The fraction of sp³-hybridized carbons (Fsp3) is 0.375. The zero-order chi connectivity index (χ0) is 46.1. The molecule has 0 bridgehead atoms. The van der Waals surface area contributed by atoms with Crippen molar-refractivity contribution in [3.05, 3.63) is 158 Å². The first-order valence-corrected chi connectivity index (χ1v) is 29.9. The molecule has 0 aliphatic heterocycles. The topological polar surface area (TPSA) is 0 Å². The number of thiophene rings is 4. The Morgan fingerprint density at radius 3 is 0.735 bits per heavy atom. The molecule has 0 atom stereocenters. The first-order chi connectivity index (χ1) is 33.6. The molecule has 0 unspecified atom stereocenters. The molecule has 0 fully saturated rings. The summed E-state index contributed by atoms with van der Waals surface area (Å²) in [6.07, 6.45) is 25.6. The molecule has 11 rings (SSSR count). The van der Waals surface area contributed by atoms with Gasteiger partial charge in [-0.1, -0.05) is 153 Å². The fourth-order valence-electron chi connectivity index (χ4n) is 11.8. The van der Waals surface area contributed by atoms with E-state index in [0.717, 1.165) is 0 Å². The minimum absolute atomic E-state index is 1.18. The summed E-state index contributed by atoms with van der Waals surface area (Å²) in [5.41, 5.74) is 11.5. The lowest BCUT2D eigenvalue weighted by Crippen LogP contribution is -1.92. The van der Waals surface area contributed by atoms with Gasteiger partial charge in [-0.3, -0.25) is 0 Å². The van der Waals surface area contributed by atoms with Crippen LogP contribution in [0.4, 0.5) is 0 Å². The number of hydrogen-bond acceptors (Lipinski definition) is 4. The second-order valence-corrected chi connectivity index (χ2v) is 24.6. The molecule has 348 valence electrons. The first-order valence-electron chi connectivity index (χ1n) is 26.7. The maximum Gasteiger partial charge on any atom is 0.0358 e. The van der Waals surface area contributed by atoms with Crippen molar-refractivity contribution in [3.8, 4) is 0 Å².